The molecule has 9 heteroatoms. The van der Waals surface area contributed by atoms with E-state index in [0.717, 1.165) is 35.2 Å². The number of aryl methyl sites for hydroxylation is 1. The number of ether oxygens (including phenoxy) is 2. The summed E-state index contributed by atoms with van der Waals surface area (Å²) in [4.78, 5) is 18.4. The summed E-state index contributed by atoms with van der Waals surface area (Å²) >= 11 is 0. The van der Waals surface area contributed by atoms with Gasteiger partial charge in [-0.25, -0.2) is 5.43 Å². The molecule has 1 fully saturated rings. The van der Waals surface area contributed by atoms with Gasteiger partial charge in [0.25, 0.3) is 5.95 Å². The van der Waals surface area contributed by atoms with Crippen molar-refractivity contribution in [1.29, 1.82) is 0 Å². The van der Waals surface area contributed by atoms with Crippen molar-refractivity contribution >= 4 is 29.0 Å². The van der Waals surface area contributed by atoms with E-state index in [2.05, 4.69) is 36.5 Å². The lowest BCUT2D eigenvalue weighted by Gasteiger charge is -2.26. The minimum absolute atomic E-state index is 0.243. The van der Waals surface area contributed by atoms with Crippen molar-refractivity contribution in [2.45, 2.75) is 6.92 Å². The number of hydrazone groups is 1. The van der Waals surface area contributed by atoms with Gasteiger partial charge in [-0.2, -0.15) is 20.1 Å². The Morgan fingerprint density at radius 2 is 2.04 bits per heavy atom. The van der Waals surface area contributed by atoms with Crippen LogP contribution in [0.15, 0.2) is 29.4 Å². The molecule has 1 aromatic carbocycles. The van der Waals surface area contributed by atoms with Gasteiger partial charge in [0.2, 0.25) is 5.95 Å². The summed E-state index contributed by atoms with van der Waals surface area (Å²) in [7, 11) is 1.53. The van der Waals surface area contributed by atoms with Gasteiger partial charge in [-0.15, -0.1) is 0 Å². The van der Waals surface area contributed by atoms with Crippen molar-refractivity contribution in [1.82, 2.24) is 19.9 Å². The molecule has 0 amide bonds. The molecule has 0 bridgehead atoms. The van der Waals surface area contributed by atoms with Crippen molar-refractivity contribution in [2.75, 3.05) is 43.7 Å². The van der Waals surface area contributed by atoms with E-state index >= 15 is 0 Å². The van der Waals surface area contributed by atoms with Gasteiger partial charge in [0.1, 0.15) is 0 Å². The number of aromatic amines is 1. The largest absolute Gasteiger partial charge is 0.467 e. The van der Waals surface area contributed by atoms with Crippen molar-refractivity contribution < 1.29 is 9.47 Å². The van der Waals surface area contributed by atoms with Gasteiger partial charge in [0, 0.05) is 35.2 Å². The highest BCUT2D eigenvalue weighted by Crippen LogP contribution is 2.20. The van der Waals surface area contributed by atoms with Gasteiger partial charge in [-0.3, -0.25) is 0 Å². The normalized spacial score (nSPS) is 14.8. The molecule has 0 aliphatic carbocycles. The third-order valence-electron chi connectivity index (χ3n) is 4.38. The Kier molecular flexibility index (Phi) is 4.84. The van der Waals surface area contributed by atoms with Crippen LogP contribution in [-0.4, -0.2) is 59.6 Å². The molecule has 2 aromatic heterocycles. The van der Waals surface area contributed by atoms with Crippen molar-refractivity contribution in [3.8, 4) is 6.01 Å². The van der Waals surface area contributed by atoms with Crippen LogP contribution in [0, 0.1) is 6.92 Å². The van der Waals surface area contributed by atoms with E-state index in [-0.39, 0.29) is 6.01 Å². The summed E-state index contributed by atoms with van der Waals surface area (Å²) in [5.74, 6) is 0.878. The Bertz CT molecular complexity index is 963. The number of hydrogen-bond acceptors (Lipinski definition) is 8. The Hall–Kier alpha value is -3.20. The second-order valence-corrected chi connectivity index (χ2v) is 6.12. The van der Waals surface area contributed by atoms with Gasteiger partial charge in [0.05, 0.1) is 26.5 Å². The van der Waals surface area contributed by atoms with Crippen LogP contribution in [-0.2, 0) is 4.74 Å². The molecule has 2 N–H and O–H groups in total. The van der Waals surface area contributed by atoms with Crippen LogP contribution in [0.4, 0.5) is 11.9 Å². The number of nitrogens with zero attached hydrogens (tertiary/aromatic N) is 5. The number of morpholine rings is 1. The molecular weight excluding hydrogens is 346 g/mol. The molecule has 0 unspecified atom stereocenters. The molecule has 1 saturated heterocycles. The molecule has 9 nitrogen and oxygen atoms in total. The summed E-state index contributed by atoms with van der Waals surface area (Å²) in [6, 6.07) is 8.35. The van der Waals surface area contributed by atoms with Crippen LogP contribution in [0.5, 0.6) is 6.01 Å². The average Bonchev–Trinajstić information content (AvgIpc) is 3.04. The predicted octanol–water partition coefficient (Wildman–Crippen LogP) is 1.95. The molecule has 0 radical (unpaired) electrons. The number of fused-ring (bicyclic) bond motifs is 1. The van der Waals surface area contributed by atoms with Crippen LogP contribution in [0.25, 0.3) is 10.9 Å². The molecule has 0 saturated carbocycles. The number of anilines is 2. The number of H-pyrrole nitrogens is 1. The van der Waals surface area contributed by atoms with Crippen LogP contribution < -0.4 is 15.1 Å². The van der Waals surface area contributed by atoms with Crippen molar-refractivity contribution in [3.63, 3.8) is 0 Å². The first-order chi connectivity index (χ1) is 13.2. The molecule has 1 aliphatic heterocycles. The predicted molar refractivity (Wildman–Crippen MR) is 104 cm³/mol. The van der Waals surface area contributed by atoms with Crippen molar-refractivity contribution in [3.05, 3.63) is 35.5 Å². The SMILES string of the molecule is COc1nc(N/N=C/c2c(C)[nH]c3ccccc23)nc(N2CCOCC2)n1. The second-order valence-electron chi connectivity index (χ2n) is 6.12. The zero-order valence-electron chi connectivity index (χ0n) is 15.3. The quantitative estimate of drug-likeness (QED) is 0.525. The first kappa shape index (κ1) is 17.2. The van der Waals surface area contributed by atoms with Gasteiger partial charge in [0.15, 0.2) is 0 Å². The first-order valence-electron chi connectivity index (χ1n) is 8.74. The first-order valence-corrected chi connectivity index (χ1v) is 8.74. The van der Waals surface area contributed by atoms with Gasteiger partial charge < -0.3 is 19.4 Å². The number of benzene rings is 1. The zero-order valence-corrected chi connectivity index (χ0v) is 15.3. The van der Waals surface area contributed by atoms with Crippen LogP contribution in [0.1, 0.15) is 11.3 Å². The zero-order chi connectivity index (χ0) is 18.6. The van der Waals surface area contributed by atoms with E-state index < -0.39 is 0 Å². The second kappa shape index (κ2) is 7.58. The Balaban J connectivity index is 1.56. The fraction of sp³-hybridized carbons (Fsp3) is 0.333. The highest BCUT2D eigenvalue weighted by molar-refractivity contribution is 6.00. The van der Waals surface area contributed by atoms with Crippen molar-refractivity contribution in [2.24, 2.45) is 5.10 Å². The number of hydrogen-bond donors (Lipinski definition) is 2. The molecule has 27 heavy (non-hydrogen) atoms. The molecule has 3 heterocycles. The van der Waals surface area contributed by atoms with Crippen LogP contribution in [0.2, 0.25) is 0 Å². The third-order valence-corrected chi connectivity index (χ3v) is 4.38. The lowest BCUT2D eigenvalue weighted by atomic mass is 10.1. The summed E-state index contributed by atoms with van der Waals surface area (Å²) in [5, 5.41) is 5.42. The van der Waals surface area contributed by atoms with Gasteiger partial charge >= 0.3 is 6.01 Å². The van der Waals surface area contributed by atoms with E-state index in [0.29, 0.717) is 25.1 Å². The summed E-state index contributed by atoms with van der Waals surface area (Å²) in [6.07, 6.45) is 1.76. The lowest BCUT2D eigenvalue weighted by molar-refractivity contribution is 0.122. The Labute approximate surface area is 156 Å². The van der Waals surface area contributed by atoms with Crippen LogP contribution in [0.3, 0.4) is 0 Å². The van der Waals surface area contributed by atoms with E-state index in [1.165, 1.54) is 7.11 Å². The molecule has 0 atom stereocenters. The fourth-order valence-electron chi connectivity index (χ4n) is 3.01. The number of aromatic nitrogens is 4. The summed E-state index contributed by atoms with van der Waals surface area (Å²) < 4.78 is 10.6. The molecule has 0 spiro atoms. The number of methoxy groups -OCH3 is 1. The molecule has 4 rings (SSSR count). The van der Waals surface area contributed by atoms with E-state index in [1.54, 1.807) is 6.21 Å². The maximum atomic E-state index is 5.37. The fourth-order valence-corrected chi connectivity index (χ4v) is 3.01. The highest BCUT2D eigenvalue weighted by Gasteiger charge is 2.16. The monoisotopic (exact) mass is 367 g/mol. The molecule has 3 aromatic rings. The summed E-state index contributed by atoms with van der Waals surface area (Å²) in [5.41, 5.74) is 6.03. The standard InChI is InChI=1S/C18H21N7O2/c1-12-14(13-5-3-4-6-15(13)20-12)11-19-24-16-21-17(23-18(22-16)26-2)25-7-9-27-10-8-25/h3-6,11,20H,7-10H2,1-2H3,(H,21,22,23,24)/b19-11+. The van der Waals surface area contributed by atoms with Gasteiger partial charge in [-0.1, -0.05) is 18.2 Å². The smallest absolute Gasteiger partial charge is 0.322 e. The number of para-hydroxylation sites is 1. The van der Waals surface area contributed by atoms with E-state index in [4.69, 9.17) is 9.47 Å². The molecule has 140 valence electrons. The van der Waals surface area contributed by atoms with Crippen LogP contribution >= 0.6 is 0 Å². The third kappa shape index (κ3) is 3.68. The topological polar surface area (TPSA) is 101 Å². The van der Waals surface area contributed by atoms with Gasteiger partial charge in [-0.05, 0) is 13.0 Å². The maximum absolute atomic E-state index is 5.37. The maximum Gasteiger partial charge on any atom is 0.322 e. The molecule has 1 aliphatic rings. The highest BCUT2D eigenvalue weighted by atomic mass is 16.5. The molecular formula is C18H21N7O2. The average molecular weight is 367 g/mol. The minimum Gasteiger partial charge on any atom is -0.467 e. The minimum atomic E-state index is 0.243. The Morgan fingerprint density at radius 1 is 1.22 bits per heavy atom. The number of rotatable bonds is 5. The summed E-state index contributed by atoms with van der Waals surface area (Å²) in [6.45, 7) is 4.77. The van der Waals surface area contributed by atoms with E-state index in [9.17, 15) is 0 Å². The number of nitrogens with one attached hydrogen (secondary N) is 2. The Morgan fingerprint density at radius 3 is 2.85 bits per heavy atom. The lowest BCUT2D eigenvalue weighted by Crippen LogP contribution is -2.37. The van der Waals surface area contributed by atoms with E-state index in [1.807, 2.05) is 30.0 Å².